The predicted molar refractivity (Wildman–Crippen MR) is 63.9 cm³/mol. The van der Waals surface area contributed by atoms with Gasteiger partial charge in [-0.1, -0.05) is 11.6 Å². The molecule has 1 atom stereocenters. The number of fused-ring (bicyclic) bond motifs is 1. The molecule has 1 aromatic rings. The van der Waals surface area contributed by atoms with Crippen molar-refractivity contribution in [2.75, 3.05) is 6.54 Å². The summed E-state index contributed by atoms with van der Waals surface area (Å²) >= 11 is 6.02. The summed E-state index contributed by atoms with van der Waals surface area (Å²) in [6, 6.07) is 3.61. The summed E-state index contributed by atoms with van der Waals surface area (Å²) in [4.78, 5) is 0. The van der Waals surface area contributed by atoms with Gasteiger partial charge in [-0.05, 0) is 31.5 Å². The van der Waals surface area contributed by atoms with E-state index in [0.717, 1.165) is 17.7 Å². The first-order chi connectivity index (χ1) is 7.43. The standard InChI is InChI=1S/C12H16ClNO2/c1-12(2)5-7-3-8(13)4-9(10(15)6-14)11(7)16-12/h3-4,10,15H,5-6,14H2,1-2H3. The maximum atomic E-state index is 9.82. The lowest BCUT2D eigenvalue weighted by Crippen LogP contribution is -2.25. The summed E-state index contributed by atoms with van der Waals surface area (Å²) in [7, 11) is 0. The SMILES string of the molecule is CC1(C)Cc2cc(Cl)cc(C(O)CN)c2O1. The molecule has 3 N–H and O–H groups in total. The van der Waals surface area contributed by atoms with Gasteiger partial charge >= 0.3 is 0 Å². The minimum Gasteiger partial charge on any atom is -0.487 e. The van der Waals surface area contributed by atoms with E-state index < -0.39 is 6.10 Å². The Balaban J connectivity index is 2.49. The fourth-order valence-corrected chi connectivity index (χ4v) is 2.32. The molecule has 0 aromatic heterocycles. The highest BCUT2D eigenvalue weighted by atomic mass is 35.5. The summed E-state index contributed by atoms with van der Waals surface area (Å²) in [5.74, 6) is 0.743. The number of benzene rings is 1. The van der Waals surface area contributed by atoms with Crippen LogP contribution in [0.4, 0.5) is 0 Å². The molecular formula is C12H16ClNO2. The fraction of sp³-hybridized carbons (Fsp3) is 0.500. The van der Waals surface area contributed by atoms with Crippen LogP contribution >= 0.6 is 11.6 Å². The van der Waals surface area contributed by atoms with Crippen molar-refractivity contribution in [3.63, 3.8) is 0 Å². The molecule has 1 aromatic carbocycles. The molecule has 0 saturated carbocycles. The van der Waals surface area contributed by atoms with Crippen LogP contribution in [0.15, 0.2) is 12.1 Å². The van der Waals surface area contributed by atoms with Crippen LogP contribution in [0.5, 0.6) is 5.75 Å². The van der Waals surface area contributed by atoms with Crippen molar-refractivity contribution in [3.8, 4) is 5.75 Å². The van der Waals surface area contributed by atoms with E-state index in [1.54, 1.807) is 6.07 Å². The zero-order chi connectivity index (χ0) is 11.9. The molecule has 1 aliphatic heterocycles. The number of hydrogen-bond donors (Lipinski definition) is 2. The molecule has 0 amide bonds. The summed E-state index contributed by atoms with van der Waals surface area (Å²) in [5, 5.41) is 10.4. The van der Waals surface area contributed by atoms with E-state index in [2.05, 4.69) is 0 Å². The molecule has 1 unspecified atom stereocenters. The topological polar surface area (TPSA) is 55.5 Å². The third kappa shape index (κ3) is 2.03. The maximum absolute atomic E-state index is 9.82. The van der Waals surface area contributed by atoms with E-state index in [1.165, 1.54) is 0 Å². The van der Waals surface area contributed by atoms with Crippen LogP contribution in [0.25, 0.3) is 0 Å². The number of aliphatic hydroxyl groups is 1. The molecule has 0 spiro atoms. The fourth-order valence-electron chi connectivity index (χ4n) is 2.07. The Hall–Kier alpha value is -0.770. The van der Waals surface area contributed by atoms with Gasteiger partial charge in [0.2, 0.25) is 0 Å². The molecule has 1 heterocycles. The van der Waals surface area contributed by atoms with Crippen molar-refractivity contribution < 1.29 is 9.84 Å². The smallest absolute Gasteiger partial charge is 0.129 e. The van der Waals surface area contributed by atoms with Crippen molar-refractivity contribution in [1.82, 2.24) is 0 Å². The van der Waals surface area contributed by atoms with Crippen molar-refractivity contribution in [2.24, 2.45) is 5.73 Å². The lowest BCUT2D eigenvalue weighted by Gasteiger charge is -2.19. The average Bonchev–Trinajstić information content (AvgIpc) is 2.49. The Morgan fingerprint density at radius 1 is 1.56 bits per heavy atom. The molecule has 2 rings (SSSR count). The normalized spacial score (nSPS) is 19.1. The second-order valence-electron chi connectivity index (χ2n) is 4.77. The monoisotopic (exact) mass is 241 g/mol. The summed E-state index contributed by atoms with van der Waals surface area (Å²) in [6.07, 6.45) is 0.0778. The Labute approximate surface area is 100 Å². The highest BCUT2D eigenvalue weighted by Gasteiger charge is 2.33. The van der Waals surface area contributed by atoms with Crippen molar-refractivity contribution >= 4 is 11.6 Å². The van der Waals surface area contributed by atoms with E-state index in [1.807, 2.05) is 19.9 Å². The van der Waals surface area contributed by atoms with Gasteiger partial charge in [-0.2, -0.15) is 0 Å². The summed E-state index contributed by atoms with van der Waals surface area (Å²) in [5.41, 5.74) is 6.96. The Morgan fingerprint density at radius 3 is 2.88 bits per heavy atom. The predicted octanol–water partition coefficient (Wildman–Crippen LogP) is 2.05. The molecule has 0 aliphatic carbocycles. The Bertz CT molecular complexity index is 418. The average molecular weight is 242 g/mol. The third-order valence-corrected chi connectivity index (χ3v) is 2.95. The van der Waals surface area contributed by atoms with Gasteiger partial charge in [-0.3, -0.25) is 0 Å². The van der Waals surface area contributed by atoms with Crippen LogP contribution in [0.2, 0.25) is 5.02 Å². The van der Waals surface area contributed by atoms with Gasteiger partial charge in [0.1, 0.15) is 11.4 Å². The van der Waals surface area contributed by atoms with Crippen molar-refractivity contribution in [1.29, 1.82) is 0 Å². The molecular weight excluding hydrogens is 226 g/mol. The lowest BCUT2D eigenvalue weighted by molar-refractivity contribution is 0.127. The number of halogens is 1. The van der Waals surface area contributed by atoms with E-state index >= 15 is 0 Å². The number of hydrogen-bond acceptors (Lipinski definition) is 3. The third-order valence-electron chi connectivity index (χ3n) is 2.74. The van der Waals surface area contributed by atoms with Crippen LogP contribution in [0.1, 0.15) is 31.1 Å². The van der Waals surface area contributed by atoms with E-state index in [4.69, 9.17) is 22.1 Å². The zero-order valence-electron chi connectivity index (χ0n) is 9.46. The second kappa shape index (κ2) is 3.91. The molecule has 4 heteroatoms. The van der Waals surface area contributed by atoms with Crippen LogP contribution in [-0.2, 0) is 6.42 Å². The minimum atomic E-state index is -0.721. The van der Waals surface area contributed by atoms with Crippen LogP contribution in [0.3, 0.4) is 0 Å². The van der Waals surface area contributed by atoms with Gasteiger partial charge in [-0.25, -0.2) is 0 Å². The van der Waals surface area contributed by atoms with Crippen LogP contribution in [-0.4, -0.2) is 17.3 Å². The first-order valence-corrected chi connectivity index (χ1v) is 5.70. The molecule has 1 aliphatic rings. The van der Waals surface area contributed by atoms with E-state index in [9.17, 15) is 5.11 Å². The highest BCUT2D eigenvalue weighted by Crippen LogP contribution is 2.41. The molecule has 0 bridgehead atoms. The summed E-state index contributed by atoms with van der Waals surface area (Å²) < 4.78 is 5.83. The van der Waals surface area contributed by atoms with Gasteiger partial charge in [-0.15, -0.1) is 0 Å². The van der Waals surface area contributed by atoms with Gasteiger partial charge < -0.3 is 15.6 Å². The molecule has 0 radical (unpaired) electrons. The molecule has 0 fully saturated rings. The quantitative estimate of drug-likeness (QED) is 0.833. The first kappa shape index (κ1) is 11.7. The number of aliphatic hydroxyl groups excluding tert-OH is 1. The van der Waals surface area contributed by atoms with Gasteiger partial charge in [0.15, 0.2) is 0 Å². The maximum Gasteiger partial charge on any atom is 0.129 e. The van der Waals surface area contributed by atoms with Crippen molar-refractivity contribution in [3.05, 3.63) is 28.3 Å². The first-order valence-electron chi connectivity index (χ1n) is 5.32. The zero-order valence-corrected chi connectivity index (χ0v) is 10.2. The number of rotatable bonds is 2. The highest BCUT2D eigenvalue weighted by molar-refractivity contribution is 6.30. The molecule has 88 valence electrons. The molecule has 0 saturated heterocycles. The van der Waals surface area contributed by atoms with Crippen molar-refractivity contribution in [2.45, 2.75) is 32.0 Å². The van der Waals surface area contributed by atoms with E-state index in [-0.39, 0.29) is 12.1 Å². The van der Waals surface area contributed by atoms with Crippen LogP contribution in [0, 0.1) is 0 Å². The minimum absolute atomic E-state index is 0.163. The van der Waals surface area contributed by atoms with E-state index in [0.29, 0.717) is 10.6 Å². The number of ether oxygens (including phenoxy) is 1. The Kier molecular flexibility index (Phi) is 2.86. The second-order valence-corrected chi connectivity index (χ2v) is 5.21. The van der Waals surface area contributed by atoms with Gasteiger partial charge in [0.25, 0.3) is 0 Å². The largest absolute Gasteiger partial charge is 0.487 e. The summed E-state index contributed by atoms with van der Waals surface area (Å²) in [6.45, 7) is 4.19. The number of nitrogens with two attached hydrogens (primary N) is 1. The van der Waals surface area contributed by atoms with Gasteiger partial charge in [0, 0.05) is 23.6 Å². The van der Waals surface area contributed by atoms with Crippen LogP contribution < -0.4 is 10.5 Å². The lowest BCUT2D eigenvalue weighted by atomic mass is 9.99. The molecule has 3 nitrogen and oxygen atoms in total. The Morgan fingerprint density at radius 2 is 2.25 bits per heavy atom. The molecule has 16 heavy (non-hydrogen) atoms. The van der Waals surface area contributed by atoms with Gasteiger partial charge in [0.05, 0.1) is 6.10 Å².